The van der Waals surface area contributed by atoms with E-state index in [1.165, 1.54) is 0 Å². The number of aromatic nitrogens is 3. The van der Waals surface area contributed by atoms with Gasteiger partial charge >= 0.3 is 11.9 Å². The number of carboxylic acid groups (broad SMARTS) is 1. The molecule has 8 heteroatoms. The molecule has 0 amide bonds. The molecule has 2 heterocycles. The van der Waals surface area contributed by atoms with Gasteiger partial charge in [0.2, 0.25) is 0 Å². The average Bonchev–Trinajstić information content (AvgIpc) is 3.07. The first-order valence-corrected chi connectivity index (χ1v) is 8.20. The fraction of sp³-hybridized carbons (Fsp3) is 0.333. The van der Waals surface area contributed by atoms with Gasteiger partial charge in [0.25, 0.3) is 0 Å². The maximum atomic E-state index is 11.7. The summed E-state index contributed by atoms with van der Waals surface area (Å²) in [7, 11) is 0. The van der Waals surface area contributed by atoms with Crippen molar-refractivity contribution in [2.24, 2.45) is 0 Å². The van der Waals surface area contributed by atoms with Crippen molar-refractivity contribution in [3.63, 3.8) is 0 Å². The van der Waals surface area contributed by atoms with Crippen molar-refractivity contribution < 1.29 is 24.0 Å². The number of benzene rings is 1. The Hall–Kier alpha value is -3.16. The molecular formula is C18H19N3O5. The van der Waals surface area contributed by atoms with E-state index in [9.17, 15) is 14.7 Å². The highest BCUT2D eigenvalue weighted by Crippen LogP contribution is 2.30. The topological polar surface area (TPSA) is 107 Å². The Morgan fingerprint density at radius 1 is 1.31 bits per heavy atom. The van der Waals surface area contributed by atoms with Crippen LogP contribution in [0.5, 0.6) is 0 Å². The highest BCUT2D eigenvalue weighted by Gasteiger charge is 2.21. The highest BCUT2D eigenvalue weighted by molar-refractivity contribution is 5.85. The molecule has 0 spiro atoms. The molecule has 2 aromatic heterocycles. The number of aryl methyl sites for hydroxylation is 2. The Kier molecular flexibility index (Phi) is 4.75. The minimum atomic E-state index is -0.992. The molecule has 0 fully saturated rings. The van der Waals surface area contributed by atoms with E-state index in [-0.39, 0.29) is 18.9 Å². The van der Waals surface area contributed by atoms with Crippen LogP contribution < -0.4 is 0 Å². The van der Waals surface area contributed by atoms with Gasteiger partial charge in [-0.05, 0) is 38.5 Å². The summed E-state index contributed by atoms with van der Waals surface area (Å²) in [5, 5.41) is 13.3. The lowest BCUT2D eigenvalue weighted by Crippen LogP contribution is -2.11. The van der Waals surface area contributed by atoms with E-state index in [0.717, 1.165) is 5.56 Å². The zero-order valence-electron chi connectivity index (χ0n) is 14.8. The van der Waals surface area contributed by atoms with Gasteiger partial charge < -0.3 is 18.9 Å². The lowest BCUT2D eigenvalue weighted by Gasteiger charge is -2.07. The number of ether oxygens (including phenoxy) is 1. The van der Waals surface area contributed by atoms with Crippen LogP contribution in [0, 0.1) is 13.8 Å². The molecule has 26 heavy (non-hydrogen) atoms. The summed E-state index contributed by atoms with van der Waals surface area (Å²) in [6.45, 7) is 5.33. The van der Waals surface area contributed by atoms with E-state index in [2.05, 4.69) is 10.1 Å². The molecule has 3 aromatic rings. The number of carbonyl (C=O) groups excluding carboxylic acids is 1. The predicted molar refractivity (Wildman–Crippen MR) is 92.7 cm³/mol. The first-order chi connectivity index (χ1) is 12.4. The molecular weight excluding hydrogens is 338 g/mol. The third-order valence-electron chi connectivity index (χ3n) is 4.02. The fourth-order valence-electron chi connectivity index (χ4n) is 2.95. The standard InChI is InChI=1S/C18H19N3O5/c1-4-25-16(24)8-12-5-6-13-14(7-12)21(9-15(22)23)18(19-13)17-10(2)20-26-11(17)3/h5-7H,4,8-9H2,1-3H3,(H,22,23). The van der Waals surface area contributed by atoms with Crippen molar-refractivity contribution in [3.8, 4) is 11.4 Å². The highest BCUT2D eigenvalue weighted by atomic mass is 16.5. The predicted octanol–water partition coefficient (Wildman–Crippen LogP) is 2.50. The summed E-state index contributed by atoms with van der Waals surface area (Å²) in [5.41, 5.74) is 3.30. The molecule has 1 N–H and O–H groups in total. The Balaban J connectivity index is 2.14. The smallest absolute Gasteiger partial charge is 0.323 e. The van der Waals surface area contributed by atoms with Gasteiger partial charge in [0.15, 0.2) is 0 Å². The summed E-state index contributed by atoms with van der Waals surface area (Å²) in [6.07, 6.45) is 0.114. The summed E-state index contributed by atoms with van der Waals surface area (Å²) < 4.78 is 11.8. The zero-order valence-corrected chi connectivity index (χ0v) is 14.8. The fourth-order valence-corrected chi connectivity index (χ4v) is 2.95. The number of fused-ring (bicyclic) bond motifs is 1. The van der Waals surface area contributed by atoms with Crippen molar-refractivity contribution >= 4 is 23.0 Å². The Labute approximate surface area is 149 Å². The number of hydrogen-bond acceptors (Lipinski definition) is 6. The summed E-state index contributed by atoms with van der Waals surface area (Å²) >= 11 is 0. The first kappa shape index (κ1) is 17.7. The molecule has 0 aliphatic heterocycles. The molecule has 0 saturated carbocycles. The minimum Gasteiger partial charge on any atom is -0.480 e. The number of imidazole rings is 1. The molecule has 0 bridgehead atoms. The van der Waals surface area contributed by atoms with Gasteiger partial charge in [0.05, 0.1) is 35.3 Å². The van der Waals surface area contributed by atoms with Crippen molar-refractivity contribution in [1.82, 2.24) is 14.7 Å². The molecule has 0 aliphatic rings. The van der Waals surface area contributed by atoms with Gasteiger partial charge in [-0.1, -0.05) is 11.2 Å². The quantitative estimate of drug-likeness (QED) is 0.675. The third-order valence-corrected chi connectivity index (χ3v) is 4.02. The molecule has 0 atom stereocenters. The number of aliphatic carboxylic acids is 1. The van der Waals surface area contributed by atoms with Gasteiger partial charge in [0, 0.05) is 0 Å². The molecule has 3 rings (SSSR count). The first-order valence-electron chi connectivity index (χ1n) is 8.20. The molecule has 0 unspecified atom stereocenters. The van der Waals surface area contributed by atoms with Crippen LogP contribution in [0.4, 0.5) is 0 Å². The van der Waals surface area contributed by atoms with Gasteiger partial charge in [-0.3, -0.25) is 9.59 Å². The molecule has 0 radical (unpaired) electrons. The molecule has 136 valence electrons. The molecule has 0 saturated heterocycles. The van der Waals surface area contributed by atoms with Crippen LogP contribution in [0.3, 0.4) is 0 Å². The van der Waals surface area contributed by atoms with E-state index in [1.807, 2.05) is 0 Å². The van der Waals surface area contributed by atoms with Crippen LogP contribution in [0.1, 0.15) is 23.9 Å². The molecule has 1 aromatic carbocycles. The molecule has 8 nitrogen and oxygen atoms in total. The lowest BCUT2D eigenvalue weighted by molar-refractivity contribution is -0.142. The van der Waals surface area contributed by atoms with Crippen molar-refractivity contribution in [2.75, 3.05) is 6.61 Å². The van der Waals surface area contributed by atoms with Gasteiger partial charge in [0.1, 0.15) is 18.1 Å². The largest absolute Gasteiger partial charge is 0.480 e. The van der Waals surface area contributed by atoms with E-state index >= 15 is 0 Å². The number of rotatable bonds is 6. The Morgan fingerprint density at radius 2 is 2.08 bits per heavy atom. The third kappa shape index (κ3) is 3.30. The number of carbonyl (C=O) groups is 2. The Morgan fingerprint density at radius 3 is 2.69 bits per heavy atom. The van der Waals surface area contributed by atoms with Crippen LogP contribution in [0.25, 0.3) is 22.4 Å². The second-order valence-electron chi connectivity index (χ2n) is 5.92. The number of nitrogens with zero attached hydrogens (tertiary/aromatic N) is 3. The SMILES string of the molecule is CCOC(=O)Cc1ccc2nc(-c3c(C)noc3C)n(CC(=O)O)c2c1. The van der Waals surface area contributed by atoms with Crippen LogP contribution in [0.15, 0.2) is 22.7 Å². The second kappa shape index (κ2) is 6.99. The van der Waals surface area contributed by atoms with E-state index in [1.54, 1.807) is 43.5 Å². The van der Waals surface area contributed by atoms with Gasteiger partial charge in [-0.15, -0.1) is 0 Å². The van der Waals surface area contributed by atoms with E-state index in [4.69, 9.17) is 9.26 Å². The number of carboxylic acids is 1. The van der Waals surface area contributed by atoms with Gasteiger partial charge in [-0.2, -0.15) is 0 Å². The van der Waals surface area contributed by atoms with Crippen LogP contribution in [0.2, 0.25) is 0 Å². The maximum absolute atomic E-state index is 11.7. The van der Waals surface area contributed by atoms with Crippen LogP contribution >= 0.6 is 0 Å². The zero-order chi connectivity index (χ0) is 18.8. The second-order valence-corrected chi connectivity index (χ2v) is 5.92. The van der Waals surface area contributed by atoms with E-state index in [0.29, 0.717) is 40.5 Å². The van der Waals surface area contributed by atoms with Crippen molar-refractivity contribution in [3.05, 3.63) is 35.2 Å². The van der Waals surface area contributed by atoms with Gasteiger partial charge in [-0.25, -0.2) is 4.98 Å². The molecule has 0 aliphatic carbocycles. The normalized spacial score (nSPS) is 11.0. The summed E-state index contributed by atoms with van der Waals surface area (Å²) in [4.78, 5) is 27.7. The van der Waals surface area contributed by atoms with Crippen molar-refractivity contribution in [2.45, 2.75) is 33.7 Å². The summed E-state index contributed by atoms with van der Waals surface area (Å²) in [5.74, 6) is -0.279. The van der Waals surface area contributed by atoms with Crippen molar-refractivity contribution in [1.29, 1.82) is 0 Å². The van der Waals surface area contributed by atoms with Crippen LogP contribution in [-0.4, -0.2) is 38.4 Å². The monoisotopic (exact) mass is 357 g/mol. The number of esters is 1. The minimum absolute atomic E-state index is 0.114. The maximum Gasteiger partial charge on any atom is 0.323 e. The van der Waals surface area contributed by atoms with Crippen LogP contribution in [-0.2, 0) is 27.3 Å². The number of hydrogen-bond donors (Lipinski definition) is 1. The Bertz CT molecular complexity index is 967. The summed E-state index contributed by atoms with van der Waals surface area (Å²) in [6, 6.07) is 5.32. The van der Waals surface area contributed by atoms with E-state index < -0.39 is 5.97 Å². The average molecular weight is 357 g/mol. The lowest BCUT2D eigenvalue weighted by atomic mass is 10.1.